The van der Waals surface area contributed by atoms with Crippen molar-refractivity contribution in [2.24, 2.45) is 5.21 Å². The molecule has 6 heteroatoms. The number of halogens is 3. The van der Waals surface area contributed by atoms with Crippen LogP contribution in [0.4, 0.5) is 19.1 Å². The summed E-state index contributed by atoms with van der Waals surface area (Å²) in [7, 11) is 0. The Kier molecular flexibility index (Phi) is 3.33. The van der Waals surface area contributed by atoms with Crippen molar-refractivity contribution in [1.29, 1.82) is 0 Å². The molecule has 3 nitrogen and oxygen atoms in total. The Morgan fingerprint density at radius 2 is 2.21 bits per heavy atom. The molecule has 0 aliphatic rings. The summed E-state index contributed by atoms with van der Waals surface area (Å²) in [5.74, 6) is -1.14. The molecule has 14 heavy (non-hydrogen) atoms. The molecule has 0 aromatic heterocycles. The first kappa shape index (κ1) is 10.4. The van der Waals surface area contributed by atoms with Gasteiger partial charge in [-0.15, -0.1) is 5.12 Å². The van der Waals surface area contributed by atoms with E-state index in [1.54, 1.807) is 19.1 Å². The van der Waals surface area contributed by atoms with Crippen molar-refractivity contribution in [3.63, 3.8) is 0 Å². The minimum absolute atomic E-state index is 0.00782. The molecule has 0 saturated heterocycles. The Bertz CT molecular complexity index is 340. The van der Waals surface area contributed by atoms with Crippen molar-refractivity contribution < 1.29 is 13.4 Å². The predicted octanol–water partition coefficient (Wildman–Crippen LogP) is 2.40. The number of hydrogen-bond donors (Lipinski definition) is 1. The fourth-order valence-electron chi connectivity index (χ4n) is 0.959. The summed E-state index contributed by atoms with van der Waals surface area (Å²) in [6, 6.07) is 6.07. The monoisotopic (exact) mass is 203 g/mol. The normalized spacial score (nSPS) is 11.3. The highest BCUT2D eigenvalue weighted by Crippen LogP contribution is 2.16. The molecule has 0 spiro atoms. The van der Waals surface area contributed by atoms with Gasteiger partial charge in [-0.25, -0.2) is 0 Å². The van der Waals surface area contributed by atoms with E-state index in [0.717, 1.165) is 11.1 Å². The van der Waals surface area contributed by atoms with Crippen LogP contribution in [0.3, 0.4) is 0 Å². The molecule has 0 heterocycles. The Balaban J connectivity index is 2.94. The first-order valence-corrected chi connectivity index (χ1v) is 3.77. The van der Waals surface area contributed by atoms with E-state index in [1.807, 2.05) is 5.21 Å². The third-order valence-electron chi connectivity index (χ3n) is 1.58. The summed E-state index contributed by atoms with van der Waals surface area (Å²) in [5.41, 5.74) is 1.55. The van der Waals surface area contributed by atoms with E-state index in [2.05, 4.69) is 0 Å². The van der Waals surface area contributed by atoms with E-state index in [1.165, 1.54) is 12.1 Å². The fraction of sp³-hybridized carbons (Fsp3) is 0.125. The van der Waals surface area contributed by atoms with Crippen molar-refractivity contribution in [3.05, 3.63) is 29.8 Å². The maximum atomic E-state index is 13.1. The lowest BCUT2D eigenvalue weighted by atomic mass is 10.2. The molecule has 0 amide bonds. The van der Waals surface area contributed by atoms with Gasteiger partial charge in [-0.1, -0.05) is 25.6 Å². The van der Waals surface area contributed by atoms with Crippen LogP contribution in [0.15, 0.2) is 29.5 Å². The Morgan fingerprint density at radius 1 is 1.50 bits per heavy atom. The minimum Gasteiger partial charge on any atom is -0.187 e. The molecule has 76 valence electrons. The molecule has 0 bridgehead atoms. The topological polar surface area (TPSA) is 27.6 Å². The van der Waals surface area contributed by atoms with Crippen LogP contribution in [-0.4, -0.2) is 5.96 Å². The van der Waals surface area contributed by atoms with E-state index in [0.29, 0.717) is 0 Å². The summed E-state index contributed by atoms with van der Waals surface area (Å²) < 4.78 is 36.6. The highest BCUT2D eigenvalue weighted by molar-refractivity contribution is 5.92. The zero-order chi connectivity index (χ0) is 10.6. The molecule has 1 aromatic carbocycles. The van der Waals surface area contributed by atoms with E-state index >= 15 is 0 Å². The predicted molar refractivity (Wildman–Crippen MR) is 47.6 cm³/mol. The van der Waals surface area contributed by atoms with Crippen molar-refractivity contribution in [2.45, 2.75) is 6.92 Å². The van der Waals surface area contributed by atoms with Crippen LogP contribution in [0.2, 0.25) is 0 Å². The van der Waals surface area contributed by atoms with Crippen molar-refractivity contribution in [1.82, 2.24) is 5.54 Å². The minimum atomic E-state index is -1.14. The number of aryl methyl sites for hydroxylation is 1. The van der Waals surface area contributed by atoms with Crippen LogP contribution >= 0.6 is 0 Å². The summed E-state index contributed by atoms with van der Waals surface area (Å²) in [6.07, 6.45) is 0. The number of guanidine groups is 1. The van der Waals surface area contributed by atoms with Crippen LogP contribution < -0.4 is 10.7 Å². The van der Waals surface area contributed by atoms with Gasteiger partial charge in [-0.3, -0.25) is 0 Å². The molecule has 0 saturated carbocycles. The smallest absolute Gasteiger partial charge is 0.187 e. The highest BCUT2D eigenvalue weighted by atomic mass is 19.2. The molecule has 0 unspecified atom stereocenters. The van der Waals surface area contributed by atoms with E-state index < -0.39 is 5.96 Å². The molecular formula is C8H8F3N3. The largest absolute Gasteiger partial charge is 0.290 e. The average molecular weight is 203 g/mol. The number of anilines is 1. The van der Waals surface area contributed by atoms with Crippen LogP contribution in [0.5, 0.6) is 0 Å². The SMILES string of the molecule is Cc1cccc(N(F)C(=NF)NF)c1. The fourth-order valence-corrected chi connectivity index (χ4v) is 0.959. The van der Waals surface area contributed by atoms with Crippen LogP contribution in [-0.2, 0) is 0 Å². The number of nitrogens with one attached hydrogen (secondary N) is 1. The number of benzene rings is 1. The van der Waals surface area contributed by atoms with Gasteiger partial charge < -0.3 is 0 Å². The molecule has 0 atom stereocenters. The van der Waals surface area contributed by atoms with Gasteiger partial charge in [0.1, 0.15) is 0 Å². The summed E-state index contributed by atoms with van der Waals surface area (Å²) in [4.78, 5) is 0. The third-order valence-corrected chi connectivity index (χ3v) is 1.58. The van der Waals surface area contributed by atoms with Gasteiger partial charge >= 0.3 is 0 Å². The molecule has 1 rings (SSSR count). The second kappa shape index (κ2) is 4.50. The standard InChI is InChI=1S/C8H8F3N3/c1-6-3-2-4-7(5-6)14(11)8(12-9)13-10/h2-5H,1H3,(H,12,13). The van der Waals surface area contributed by atoms with Gasteiger partial charge in [0.25, 0.3) is 5.96 Å². The Morgan fingerprint density at radius 3 is 2.71 bits per heavy atom. The highest BCUT2D eigenvalue weighted by Gasteiger charge is 2.13. The Labute approximate surface area is 78.7 Å². The van der Waals surface area contributed by atoms with E-state index in [-0.39, 0.29) is 10.8 Å². The third kappa shape index (κ3) is 2.15. The van der Waals surface area contributed by atoms with Gasteiger partial charge in [0, 0.05) is 0 Å². The number of rotatable bonds is 1. The van der Waals surface area contributed by atoms with Crippen LogP contribution in [0, 0.1) is 6.92 Å². The molecule has 1 N–H and O–H groups in total. The van der Waals surface area contributed by atoms with E-state index in [9.17, 15) is 13.4 Å². The summed E-state index contributed by atoms with van der Waals surface area (Å²) >= 11 is 0. The maximum absolute atomic E-state index is 13.1. The number of hydrogen-bond acceptors (Lipinski definition) is 1. The molecule has 0 fully saturated rings. The van der Waals surface area contributed by atoms with Gasteiger partial charge in [0.05, 0.1) is 5.69 Å². The average Bonchev–Trinajstić information content (AvgIpc) is 2.19. The van der Waals surface area contributed by atoms with Gasteiger partial charge in [0.15, 0.2) is 0 Å². The molecule has 0 aliphatic heterocycles. The van der Waals surface area contributed by atoms with Crippen molar-refractivity contribution in [2.75, 3.05) is 5.12 Å². The van der Waals surface area contributed by atoms with Gasteiger partial charge in [-0.05, 0) is 29.8 Å². The Hall–Kier alpha value is -1.72. The summed E-state index contributed by atoms with van der Waals surface area (Å²) in [6.45, 7) is 1.73. The molecule has 1 aromatic rings. The second-order valence-corrected chi connectivity index (χ2v) is 2.62. The molecular weight excluding hydrogens is 195 g/mol. The van der Waals surface area contributed by atoms with Crippen LogP contribution in [0.1, 0.15) is 5.56 Å². The molecule has 0 aliphatic carbocycles. The zero-order valence-electron chi connectivity index (χ0n) is 7.34. The maximum Gasteiger partial charge on any atom is 0.290 e. The first-order chi connectivity index (χ1) is 6.69. The quantitative estimate of drug-likeness (QED) is 0.431. The zero-order valence-corrected chi connectivity index (χ0v) is 7.34. The lowest BCUT2D eigenvalue weighted by Gasteiger charge is -2.12. The lowest BCUT2D eigenvalue weighted by Crippen LogP contribution is -2.30. The first-order valence-electron chi connectivity index (χ1n) is 3.77. The van der Waals surface area contributed by atoms with Gasteiger partial charge in [0.2, 0.25) is 0 Å². The molecule has 0 radical (unpaired) electrons. The van der Waals surface area contributed by atoms with Crippen LogP contribution in [0.25, 0.3) is 0 Å². The lowest BCUT2D eigenvalue weighted by molar-refractivity contribution is 0.387. The second-order valence-electron chi connectivity index (χ2n) is 2.62. The summed E-state index contributed by atoms with van der Waals surface area (Å²) in [5, 5.41) is 1.66. The van der Waals surface area contributed by atoms with E-state index in [4.69, 9.17) is 0 Å². The number of nitrogens with zero attached hydrogens (tertiary/aromatic N) is 2. The van der Waals surface area contributed by atoms with Gasteiger partial charge in [-0.2, -0.15) is 5.54 Å². The van der Waals surface area contributed by atoms with Crippen molar-refractivity contribution in [3.8, 4) is 0 Å². The van der Waals surface area contributed by atoms with Crippen molar-refractivity contribution >= 4 is 11.6 Å².